The van der Waals surface area contributed by atoms with Crippen molar-refractivity contribution in [3.63, 3.8) is 0 Å². The summed E-state index contributed by atoms with van der Waals surface area (Å²) in [4.78, 5) is 25.0. The monoisotopic (exact) mass is 406 g/mol. The third-order valence-corrected chi connectivity index (χ3v) is 8.87. The average Bonchev–Trinajstić information content (AvgIpc) is 2.69. The van der Waals surface area contributed by atoms with Gasteiger partial charge in [0.1, 0.15) is 0 Å². The van der Waals surface area contributed by atoms with Gasteiger partial charge in [0.2, 0.25) is 0 Å². The number of hydrogen-bond acceptors (Lipinski definition) is 4. The van der Waals surface area contributed by atoms with Gasteiger partial charge in [-0.25, -0.2) is 4.79 Å². The van der Waals surface area contributed by atoms with Gasteiger partial charge in [0.25, 0.3) is 0 Å². The Kier molecular flexibility index (Phi) is 7.00. The van der Waals surface area contributed by atoms with Gasteiger partial charge in [0.05, 0.1) is 12.0 Å². The van der Waals surface area contributed by atoms with E-state index in [0.717, 1.165) is 49.4 Å². The average molecular weight is 407 g/mol. The first-order valence-electron chi connectivity index (χ1n) is 12.0. The SMILES string of the molecule is CCCOC(=O)COC(=O)[C@]1(C)CCC[C@@]2(C)C1CCC1CC(C(C)C)CC[C@@H]12. The van der Waals surface area contributed by atoms with Crippen molar-refractivity contribution >= 4 is 11.9 Å². The molecule has 3 aliphatic rings. The molecule has 0 aromatic carbocycles. The van der Waals surface area contributed by atoms with E-state index in [-0.39, 0.29) is 18.0 Å². The molecule has 6 atom stereocenters. The molecule has 3 fully saturated rings. The molecule has 4 heteroatoms. The van der Waals surface area contributed by atoms with Gasteiger partial charge in [-0.05, 0) is 93.3 Å². The third-order valence-electron chi connectivity index (χ3n) is 8.87. The minimum atomic E-state index is -0.474. The van der Waals surface area contributed by atoms with Crippen LogP contribution in [0, 0.1) is 40.4 Å². The first-order valence-corrected chi connectivity index (χ1v) is 12.0. The summed E-state index contributed by atoms with van der Waals surface area (Å²) in [5.41, 5.74) is -0.252. The normalized spacial score (nSPS) is 39.4. The Morgan fingerprint density at radius 3 is 2.48 bits per heavy atom. The quantitative estimate of drug-likeness (QED) is 0.525. The topological polar surface area (TPSA) is 52.6 Å². The molecule has 0 radical (unpaired) electrons. The minimum Gasteiger partial charge on any atom is -0.463 e. The maximum Gasteiger partial charge on any atom is 0.344 e. The lowest BCUT2D eigenvalue weighted by Crippen LogP contribution is -2.56. The molecule has 3 unspecified atom stereocenters. The van der Waals surface area contributed by atoms with E-state index in [4.69, 9.17) is 9.47 Å². The van der Waals surface area contributed by atoms with E-state index in [9.17, 15) is 9.59 Å². The minimum absolute atomic E-state index is 0.184. The van der Waals surface area contributed by atoms with E-state index in [2.05, 4.69) is 27.7 Å². The molecule has 4 nitrogen and oxygen atoms in total. The molecule has 0 N–H and O–H groups in total. The Balaban J connectivity index is 1.70. The second kappa shape index (κ2) is 8.98. The first kappa shape index (κ1) is 22.6. The van der Waals surface area contributed by atoms with Gasteiger partial charge in [-0.1, -0.05) is 34.1 Å². The standard InChI is InChI=1S/C25H42O4/c1-6-14-28-22(26)16-29-23(27)25(5)13-7-12-24(4)20-10-8-18(17(2)3)15-19(20)9-11-21(24)25/h17-21H,6-16H2,1-5H3/t18?,19?,20-,21?,24+,25+/m0/s1. The fourth-order valence-corrected chi connectivity index (χ4v) is 7.27. The number of carbonyl (C=O) groups excluding carboxylic acids is 2. The maximum atomic E-state index is 13.2. The van der Waals surface area contributed by atoms with Crippen molar-refractivity contribution in [2.75, 3.05) is 13.2 Å². The zero-order valence-electron chi connectivity index (χ0n) is 19.3. The molecule has 0 aromatic heterocycles. The molecule has 3 saturated carbocycles. The molecule has 0 aliphatic heterocycles. The summed E-state index contributed by atoms with van der Waals surface area (Å²) in [6.07, 6.45) is 10.3. The van der Waals surface area contributed by atoms with Crippen LogP contribution < -0.4 is 0 Å². The molecular weight excluding hydrogens is 364 g/mol. The molecule has 0 amide bonds. The van der Waals surface area contributed by atoms with Crippen LogP contribution in [-0.2, 0) is 19.1 Å². The van der Waals surface area contributed by atoms with Gasteiger partial charge in [0.15, 0.2) is 6.61 Å². The summed E-state index contributed by atoms with van der Waals surface area (Å²) in [6, 6.07) is 0. The Labute approximate surface area is 177 Å². The van der Waals surface area contributed by atoms with Crippen molar-refractivity contribution in [3.8, 4) is 0 Å². The largest absolute Gasteiger partial charge is 0.463 e. The van der Waals surface area contributed by atoms with E-state index in [1.807, 2.05) is 6.92 Å². The van der Waals surface area contributed by atoms with Crippen LogP contribution in [-0.4, -0.2) is 25.2 Å². The molecule has 166 valence electrons. The highest BCUT2D eigenvalue weighted by Crippen LogP contribution is 2.64. The second-order valence-corrected chi connectivity index (χ2v) is 10.9. The van der Waals surface area contributed by atoms with Gasteiger partial charge < -0.3 is 9.47 Å². The zero-order valence-corrected chi connectivity index (χ0v) is 19.3. The van der Waals surface area contributed by atoms with Gasteiger partial charge in [-0.3, -0.25) is 4.79 Å². The van der Waals surface area contributed by atoms with E-state index < -0.39 is 11.4 Å². The van der Waals surface area contributed by atoms with Crippen LogP contribution >= 0.6 is 0 Å². The predicted octanol–water partition coefficient (Wildman–Crippen LogP) is 5.78. The summed E-state index contributed by atoms with van der Waals surface area (Å²) in [5, 5.41) is 0. The number of esters is 2. The summed E-state index contributed by atoms with van der Waals surface area (Å²) in [6.45, 7) is 11.4. The Bertz CT molecular complexity index is 600. The molecule has 3 rings (SSSR count). The maximum absolute atomic E-state index is 13.2. The Morgan fingerprint density at radius 2 is 1.79 bits per heavy atom. The number of hydrogen-bond donors (Lipinski definition) is 0. The summed E-state index contributed by atoms with van der Waals surface area (Å²) in [7, 11) is 0. The summed E-state index contributed by atoms with van der Waals surface area (Å²) < 4.78 is 10.6. The van der Waals surface area contributed by atoms with Crippen LogP contribution in [0.2, 0.25) is 0 Å². The van der Waals surface area contributed by atoms with E-state index in [1.54, 1.807) is 0 Å². The van der Waals surface area contributed by atoms with E-state index in [0.29, 0.717) is 12.5 Å². The van der Waals surface area contributed by atoms with Gasteiger partial charge in [-0.15, -0.1) is 0 Å². The van der Waals surface area contributed by atoms with Crippen molar-refractivity contribution in [2.45, 2.75) is 92.4 Å². The van der Waals surface area contributed by atoms with Crippen molar-refractivity contribution in [1.82, 2.24) is 0 Å². The van der Waals surface area contributed by atoms with Gasteiger partial charge >= 0.3 is 11.9 Å². The van der Waals surface area contributed by atoms with E-state index in [1.165, 1.54) is 32.1 Å². The summed E-state index contributed by atoms with van der Waals surface area (Å²) >= 11 is 0. The van der Waals surface area contributed by atoms with E-state index >= 15 is 0 Å². The van der Waals surface area contributed by atoms with Crippen LogP contribution in [0.4, 0.5) is 0 Å². The second-order valence-electron chi connectivity index (χ2n) is 10.9. The number of carbonyl (C=O) groups is 2. The van der Waals surface area contributed by atoms with Gasteiger partial charge in [0, 0.05) is 0 Å². The molecule has 0 heterocycles. The zero-order chi connectivity index (χ0) is 21.2. The van der Waals surface area contributed by atoms with Crippen molar-refractivity contribution < 1.29 is 19.1 Å². The highest BCUT2D eigenvalue weighted by molar-refractivity contribution is 5.80. The van der Waals surface area contributed by atoms with Crippen LogP contribution in [0.1, 0.15) is 92.4 Å². The molecule has 3 aliphatic carbocycles. The smallest absolute Gasteiger partial charge is 0.344 e. The van der Waals surface area contributed by atoms with Crippen LogP contribution in [0.5, 0.6) is 0 Å². The number of fused-ring (bicyclic) bond motifs is 3. The molecule has 0 saturated heterocycles. The van der Waals surface area contributed by atoms with Gasteiger partial charge in [-0.2, -0.15) is 0 Å². The first-order chi connectivity index (χ1) is 13.7. The van der Waals surface area contributed by atoms with Crippen molar-refractivity contribution in [1.29, 1.82) is 0 Å². The Hall–Kier alpha value is -1.06. The molecular formula is C25H42O4. The fraction of sp³-hybridized carbons (Fsp3) is 0.920. The fourth-order valence-electron chi connectivity index (χ4n) is 7.27. The lowest BCUT2D eigenvalue weighted by atomic mass is 9.43. The third kappa shape index (κ3) is 4.37. The lowest BCUT2D eigenvalue weighted by Gasteiger charge is -2.61. The molecule has 29 heavy (non-hydrogen) atoms. The highest BCUT2D eigenvalue weighted by Gasteiger charge is 2.59. The predicted molar refractivity (Wildman–Crippen MR) is 114 cm³/mol. The molecule has 0 spiro atoms. The lowest BCUT2D eigenvalue weighted by molar-refractivity contribution is -0.183. The number of ether oxygens (including phenoxy) is 2. The van der Waals surface area contributed by atoms with Crippen molar-refractivity contribution in [3.05, 3.63) is 0 Å². The number of rotatable bonds is 6. The van der Waals surface area contributed by atoms with Crippen molar-refractivity contribution in [2.24, 2.45) is 40.4 Å². The highest BCUT2D eigenvalue weighted by atomic mass is 16.6. The van der Waals surface area contributed by atoms with Crippen LogP contribution in [0.25, 0.3) is 0 Å². The molecule has 0 aromatic rings. The van der Waals surface area contributed by atoms with Crippen LogP contribution in [0.3, 0.4) is 0 Å². The molecule has 0 bridgehead atoms. The van der Waals surface area contributed by atoms with Crippen LogP contribution in [0.15, 0.2) is 0 Å². The Morgan fingerprint density at radius 1 is 1.03 bits per heavy atom. The summed E-state index contributed by atoms with van der Waals surface area (Å²) in [5.74, 6) is 2.94.